The lowest BCUT2D eigenvalue weighted by Gasteiger charge is -2.08. The Morgan fingerprint density at radius 1 is 1.36 bits per heavy atom. The van der Waals surface area contributed by atoms with Crippen molar-refractivity contribution >= 4 is 29.4 Å². The Kier molecular flexibility index (Phi) is 7.16. The number of benzene rings is 2. The van der Waals surface area contributed by atoms with Crippen molar-refractivity contribution in [1.82, 2.24) is 5.43 Å². The average molecular weight is 408 g/mol. The van der Waals surface area contributed by atoms with E-state index in [0.29, 0.717) is 10.8 Å². The molecule has 0 spiro atoms. The molecule has 0 bridgehead atoms. The number of nitro groups is 1. The number of rotatable bonds is 8. The van der Waals surface area contributed by atoms with Gasteiger partial charge < -0.3 is 14.6 Å². The molecule has 0 saturated carbocycles. The number of hydrogen-bond acceptors (Lipinski definition) is 7. The Morgan fingerprint density at radius 2 is 2.11 bits per heavy atom. The van der Waals surface area contributed by atoms with Crippen molar-refractivity contribution in [3.05, 3.63) is 56.6 Å². The molecule has 0 aromatic heterocycles. The molecular formula is C18H18ClN3O6. The lowest BCUT2D eigenvalue weighted by molar-refractivity contribution is -0.385. The highest BCUT2D eigenvalue weighted by Crippen LogP contribution is 2.33. The maximum absolute atomic E-state index is 11.8. The number of ether oxygens (including phenoxy) is 2. The van der Waals surface area contributed by atoms with E-state index in [9.17, 15) is 20.0 Å². The molecule has 0 aliphatic heterocycles. The number of carbonyl (C=O) groups is 1. The predicted octanol–water partition coefficient (Wildman–Crippen LogP) is 3.19. The number of hydrogen-bond donors (Lipinski definition) is 2. The first kappa shape index (κ1) is 21.0. The monoisotopic (exact) mass is 407 g/mol. The summed E-state index contributed by atoms with van der Waals surface area (Å²) in [5, 5.41) is 25.4. The number of hydrazone groups is 1. The first-order chi connectivity index (χ1) is 13.3. The highest BCUT2D eigenvalue weighted by Gasteiger charge is 2.16. The van der Waals surface area contributed by atoms with E-state index in [0.717, 1.165) is 23.9 Å². The summed E-state index contributed by atoms with van der Waals surface area (Å²) in [4.78, 5) is 22.2. The topological polar surface area (TPSA) is 123 Å². The van der Waals surface area contributed by atoms with E-state index < -0.39 is 10.8 Å². The molecule has 0 aliphatic carbocycles. The quantitative estimate of drug-likeness (QED) is 0.393. The second-order valence-electron chi connectivity index (χ2n) is 5.56. The van der Waals surface area contributed by atoms with Gasteiger partial charge in [-0.3, -0.25) is 14.9 Å². The molecule has 2 aromatic rings. The van der Waals surface area contributed by atoms with Gasteiger partial charge in [-0.2, -0.15) is 5.10 Å². The zero-order valence-corrected chi connectivity index (χ0v) is 15.9. The van der Waals surface area contributed by atoms with Gasteiger partial charge in [0.2, 0.25) is 0 Å². The Balaban J connectivity index is 2.01. The molecule has 0 aliphatic rings. The van der Waals surface area contributed by atoms with Crippen LogP contribution in [0.1, 0.15) is 18.1 Å². The van der Waals surface area contributed by atoms with E-state index in [-0.39, 0.29) is 36.0 Å². The second-order valence-corrected chi connectivity index (χ2v) is 5.97. The number of phenolic OH excluding ortho intramolecular Hbond substituents is 1. The molecule has 1 amide bonds. The normalized spacial score (nSPS) is 10.7. The number of amides is 1. The average Bonchev–Trinajstić information content (AvgIpc) is 2.65. The van der Waals surface area contributed by atoms with E-state index in [4.69, 9.17) is 21.1 Å². The largest absolute Gasteiger partial charge is 0.504 e. The van der Waals surface area contributed by atoms with E-state index in [1.165, 1.54) is 0 Å². The van der Waals surface area contributed by atoms with Gasteiger partial charge in [0.05, 0.1) is 23.8 Å². The van der Waals surface area contributed by atoms with Crippen LogP contribution in [0.25, 0.3) is 0 Å². The van der Waals surface area contributed by atoms with E-state index in [1.807, 2.05) is 6.92 Å². The van der Waals surface area contributed by atoms with Crippen LogP contribution in [0.15, 0.2) is 35.4 Å². The standard InChI is InChI=1S/C18H18ClN3O6/c1-3-27-16-8-13(22(25)26)7-12(18(16)24)9-20-21-17(23)10-28-14-4-5-15(19)11(2)6-14/h4-9,24H,3,10H2,1-2H3,(H,21,23). The summed E-state index contributed by atoms with van der Waals surface area (Å²) in [5.41, 5.74) is 2.76. The van der Waals surface area contributed by atoms with Crippen LogP contribution in [-0.4, -0.2) is 35.4 Å². The Hall–Kier alpha value is -3.33. The summed E-state index contributed by atoms with van der Waals surface area (Å²) in [6.07, 6.45) is 1.08. The first-order valence-corrected chi connectivity index (χ1v) is 8.54. The maximum atomic E-state index is 11.8. The molecule has 2 aromatic carbocycles. The Labute approximate surface area is 165 Å². The highest BCUT2D eigenvalue weighted by molar-refractivity contribution is 6.31. The van der Waals surface area contributed by atoms with Gasteiger partial charge in [0.1, 0.15) is 5.75 Å². The second kappa shape index (κ2) is 9.56. The molecule has 9 nitrogen and oxygen atoms in total. The highest BCUT2D eigenvalue weighted by atomic mass is 35.5. The number of nitrogens with one attached hydrogen (secondary N) is 1. The number of carbonyl (C=O) groups excluding carboxylic acids is 1. The van der Waals surface area contributed by atoms with Crippen LogP contribution in [0.2, 0.25) is 5.02 Å². The number of phenols is 1. The molecule has 2 N–H and O–H groups in total. The van der Waals surface area contributed by atoms with Gasteiger partial charge in [0, 0.05) is 16.7 Å². The third kappa shape index (κ3) is 5.58. The van der Waals surface area contributed by atoms with Crippen LogP contribution >= 0.6 is 11.6 Å². The number of aryl methyl sites for hydroxylation is 1. The smallest absolute Gasteiger partial charge is 0.277 e. The van der Waals surface area contributed by atoms with Gasteiger partial charge in [0.25, 0.3) is 11.6 Å². The fourth-order valence-electron chi connectivity index (χ4n) is 2.15. The SMILES string of the molecule is CCOc1cc([N+](=O)[O-])cc(C=NNC(=O)COc2ccc(Cl)c(C)c2)c1O. The molecule has 10 heteroatoms. The number of halogens is 1. The summed E-state index contributed by atoms with van der Waals surface area (Å²) in [7, 11) is 0. The summed E-state index contributed by atoms with van der Waals surface area (Å²) in [6.45, 7) is 3.39. The molecule has 28 heavy (non-hydrogen) atoms. The molecule has 0 saturated heterocycles. The number of aromatic hydroxyl groups is 1. The van der Waals surface area contributed by atoms with Crippen molar-refractivity contribution in [3.63, 3.8) is 0 Å². The van der Waals surface area contributed by atoms with Crippen molar-refractivity contribution in [2.45, 2.75) is 13.8 Å². The van der Waals surface area contributed by atoms with Crippen LogP contribution in [0.4, 0.5) is 5.69 Å². The molecule has 0 fully saturated rings. The van der Waals surface area contributed by atoms with Crippen LogP contribution in [0.3, 0.4) is 0 Å². The third-order valence-electron chi connectivity index (χ3n) is 3.49. The minimum Gasteiger partial charge on any atom is -0.504 e. The van der Waals surface area contributed by atoms with E-state index >= 15 is 0 Å². The van der Waals surface area contributed by atoms with Gasteiger partial charge in [-0.1, -0.05) is 11.6 Å². The van der Waals surface area contributed by atoms with E-state index in [1.54, 1.807) is 25.1 Å². The number of non-ortho nitro benzene ring substituents is 1. The molecule has 0 radical (unpaired) electrons. The minimum atomic E-state index is -0.625. The molecule has 148 valence electrons. The van der Waals surface area contributed by atoms with Crippen LogP contribution in [0.5, 0.6) is 17.2 Å². The number of nitro benzene ring substituents is 1. The van der Waals surface area contributed by atoms with Gasteiger partial charge >= 0.3 is 0 Å². The number of nitrogens with zero attached hydrogens (tertiary/aromatic N) is 2. The summed E-state index contributed by atoms with van der Waals surface area (Å²) in [5.74, 6) is -0.457. The van der Waals surface area contributed by atoms with Gasteiger partial charge in [-0.25, -0.2) is 5.43 Å². The fourth-order valence-corrected chi connectivity index (χ4v) is 2.26. The zero-order valence-electron chi connectivity index (χ0n) is 15.1. The summed E-state index contributed by atoms with van der Waals surface area (Å²) in [6, 6.07) is 7.19. The Morgan fingerprint density at radius 3 is 2.75 bits per heavy atom. The third-order valence-corrected chi connectivity index (χ3v) is 3.92. The summed E-state index contributed by atoms with van der Waals surface area (Å²) < 4.78 is 10.5. The maximum Gasteiger partial charge on any atom is 0.277 e. The van der Waals surface area contributed by atoms with Gasteiger partial charge in [-0.05, 0) is 37.6 Å². The molecule has 0 unspecified atom stereocenters. The lowest BCUT2D eigenvalue weighted by atomic mass is 10.1. The molecule has 2 rings (SSSR count). The lowest BCUT2D eigenvalue weighted by Crippen LogP contribution is -2.24. The van der Waals surface area contributed by atoms with Crippen molar-refractivity contribution in [2.24, 2.45) is 5.10 Å². The van der Waals surface area contributed by atoms with Crippen LogP contribution in [-0.2, 0) is 4.79 Å². The minimum absolute atomic E-state index is 0.0206. The Bertz CT molecular complexity index is 916. The molecule has 0 atom stereocenters. The molecular weight excluding hydrogens is 390 g/mol. The zero-order chi connectivity index (χ0) is 20.7. The van der Waals surface area contributed by atoms with E-state index in [2.05, 4.69) is 10.5 Å². The first-order valence-electron chi connectivity index (χ1n) is 8.16. The summed E-state index contributed by atoms with van der Waals surface area (Å²) >= 11 is 5.92. The predicted molar refractivity (Wildman–Crippen MR) is 103 cm³/mol. The van der Waals surface area contributed by atoms with Crippen LogP contribution in [0, 0.1) is 17.0 Å². The van der Waals surface area contributed by atoms with Crippen molar-refractivity contribution in [2.75, 3.05) is 13.2 Å². The van der Waals surface area contributed by atoms with Gasteiger partial charge in [0.15, 0.2) is 18.1 Å². The van der Waals surface area contributed by atoms with Crippen molar-refractivity contribution < 1.29 is 24.3 Å². The van der Waals surface area contributed by atoms with Crippen molar-refractivity contribution in [3.8, 4) is 17.2 Å². The van der Waals surface area contributed by atoms with Crippen molar-refractivity contribution in [1.29, 1.82) is 0 Å². The molecule has 0 heterocycles. The van der Waals surface area contributed by atoms with Crippen LogP contribution < -0.4 is 14.9 Å². The fraction of sp³-hybridized carbons (Fsp3) is 0.222. The van der Waals surface area contributed by atoms with Gasteiger partial charge in [-0.15, -0.1) is 0 Å².